The first-order valence-electron chi connectivity index (χ1n) is 25.0. The fourth-order valence-electron chi connectivity index (χ4n) is 10.2. The molecule has 12 heteroatoms. The van der Waals surface area contributed by atoms with Crippen LogP contribution < -0.4 is 9.47 Å². The molecule has 0 aromatic heterocycles. The van der Waals surface area contributed by atoms with Gasteiger partial charge in [-0.2, -0.15) is 0 Å². The van der Waals surface area contributed by atoms with E-state index in [0.717, 1.165) is 74.5 Å². The maximum Gasteiger partial charge on any atom is 0.239 e. The number of ether oxygens (including phenoxy) is 4. The zero-order valence-electron chi connectivity index (χ0n) is 40.4. The van der Waals surface area contributed by atoms with Crippen molar-refractivity contribution in [1.29, 1.82) is 0 Å². The molecule has 1 heterocycles. The number of amides is 1. The highest BCUT2D eigenvalue weighted by molar-refractivity contribution is 6.03. The van der Waals surface area contributed by atoms with E-state index >= 15 is 0 Å². The molecular weight excluding hydrogens is 837 g/mol. The van der Waals surface area contributed by atoms with Crippen molar-refractivity contribution in [2.45, 2.75) is 160 Å². The molecule has 0 radical (unpaired) electrons. The summed E-state index contributed by atoms with van der Waals surface area (Å²) in [6.07, 6.45) is 20.2. The van der Waals surface area contributed by atoms with Gasteiger partial charge in [0.05, 0.1) is 38.1 Å². The van der Waals surface area contributed by atoms with Gasteiger partial charge in [0, 0.05) is 49.6 Å². The molecule has 3 aliphatic rings. The molecule has 6 atom stereocenters. The Kier molecular flexibility index (Phi) is 21.7. The van der Waals surface area contributed by atoms with Crippen molar-refractivity contribution < 1.29 is 48.7 Å². The zero-order valence-corrected chi connectivity index (χ0v) is 40.4. The molecule has 0 spiro atoms. The van der Waals surface area contributed by atoms with Crippen molar-refractivity contribution in [2.24, 2.45) is 22.9 Å². The molecule has 66 heavy (non-hydrogen) atoms. The smallest absolute Gasteiger partial charge is 0.239 e. The molecule has 12 nitrogen and oxygen atoms in total. The van der Waals surface area contributed by atoms with Gasteiger partial charge in [0.2, 0.25) is 11.7 Å². The van der Waals surface area contributed by atoms with E-state index in [0.29, 0.717) is 42.1 Å². The number of carbonyl (C=O) groups is 2. The van der Waals surface area contributed by atoms with E-state index in [-0.39, 0.29) is 76.3 Å². The van der Waals surface area contributed by atoms with Crippen LogP contribution in [0.15, 0.2) is 71.9 Å². The Labute approximate surface area is 394 Å². The van der Waals surface area contributed by atoms with Gasteiger partial charge in [0.25, 0.3) is 0 Å². The minimum atomic E-state index is -1.41. The van der Waals surface area contributed by atoms with Crippen LogP contribution in [0.25, 0.3) is 0 Å². The molecule has 6 unspecified atom stereocenters. The molecule has 2 aliphatic carbocycles. The highest BCUT2D eigenvalue weighted by atomic mass is 16.7. The summed E-state index contributed by atoms with van der Waals surface area (Å²) in [7, 11) is 0. The van der Waals surface area contributed by atoms with Crippen LogP contribution in [-0.2, 0) is 19.1 Å². The Hall–Kier alpha value is -4.07. The molecule has 1 saturated carbocycles. The summed E-state index contributed by atoms with van der Waals surface area (Å²) in [6.45, 7) is 13.0. The van der Waals surface area contributed by atoms with Crippen LogP contribution in [0.4, 0.5) is 0 Å². The van der Waals surface area contributed by atoms with Crippen LogP contribution in [0.5, 0.6) is 17.2 Å². The monoisotopic (exact) mass is 917 g/mol. The van der Waals surface area contributed by atoms with E-state index in [1.165, 1.54) is 32.1 Å². The SMILES string of the molecule is C=CCOC12Oc3ccc(Oc4cccc(C=O)c4)cc3C3C(CCCCO)C(CCCCO)C=C(C(=NOC(C)(C)C)CC1N(CCOCCO)C(=O)CCCCCCCCCCC)C32. The van der Waals surface area contributed by atoms with Crippen molar-refractivity contribution in [3.63, 3.8) is 0 Å². The summed E-state index contributed by atoms with van der Waals surface area (Å²) < 4.78 is 26.9. The van der Waals surface area contributed by atoms with Crippen molar-refractivity contribution in [3.05, 3.63) is 77.9 Å². The second-order valence-corrected chi connectivity index (χ2v) is 19.3. The Balaban J connectivity index is 1.68. The number of aldehydes is 1. The van der Waals surface area contributed by atoms with Gasteiger partial charge in [0.15, 0.2) is 0 Å². The van der Waals surface area contributed by atoms with Crippen LogP contribution in [0.1, 0.15) is 159 Å². The molecule has 0 saturated heterocycles. The van der Waals surface area contributed by atoms with Gasteiger partial charge in [-0.3, -0.25) is 9.59 Å². The summed E-state index contributed by atoms with van der Waals surface area (Å²) >= 11 is 0. The summed E-state index contributed by atoms with van der Waals surface area (Å²) in [5, 5.41) is 34.6. The van der Waals surface area contributed by atoms with Gasteiger partial charge in [0.1, 0.15) is 35.2 Å². The average molecular weight is 917 g/mol. The normalized spacial score (nSPS) is 22.7. The minimum absolute atomic E-state index is 0.0231. The van der Waals surface area contributed by atoms with Crippen molar-refractivity contribution in [1.82, 2.24) is 4.90 Å². The number of unbranched alkanes of at least 4 members (excludes halogenated alkanes) is 10. The van der Waals surface area contributed by atoms with Crippen LogP contribution in [0.2, 0.25) is 0 Å². The lowest BCUT2D eigenvalue weighted by Gasteiger charge is -2.60. The van der Waals surface area contributed by atoms with E-state index in [2.05, 4.69) is 19.6 Å². The van der Waals surface area contributed by atoms with Crippen LogP contribution in [0, 0.1) is 17.8 Å². The molecule has 1 fully saturated rings. The third-order valence-electron chi connectivity index (χ3n) is 13.2. The number of rotatable bonds is 31. The summed E-state index contributed by atoms with van der Waals surface area (Å²) in [5.41, 5.74) is 2.52. The molecule has 3 N–H and O–H groups in total. The molecule has 1 amide bonds. The Bertz CT molecular complexity index is 1870. The first kappa shape index (κ1) is 52.9. The number of aliphatic hydroxyl groups is 3. The van der Waals surface area contributed by atoms with E-state index in [1.807, 2.05) is 49.9 Å². The van der Waals surface area contributed by atoms with Gasteiger partial charge >= 0.3 is 0 Å². The molecule has 0 bridgehead atoms. The maximum absolute atomic E-state index is 14.9. The molecule has 5 rings (SSSR count). The number of aliphatic hydroxyl groups excluding tert-OH is 3. The lowest BCUT2D eigenvalue weighted by molar-refractivity contribution is -0.258. The van der Waals surface area contributed by atoms with Crippen LogP contribution in [-0.4, -0.2) is 102 Å². The number of nitrogens with zero attached hydrogens (tertiary/aromatic N) is 2. The predicted octanol–water partition coefficient (Wildman–Crippen LogP) is 10.5. The van der Waals surface area contributed by atoms with Gasteiger partial charge in [-0.05, 0) is 101 Å². The number of benzene rings is 2. The Morgan fingerprint density at radius 3 is 2.29 bits per heavy atom. The quantitative estimate of drug-likeness (QED) is 0.0288. The Morgan fingerprint density at radius 2 is 1.61 bits per heavy atom. The van der Waals surface area contributed by atoms with Gasteiger partial charge in [-0.15, -0.1) is 6.58 Å². The number of allylic oxidation sites excluding steroid dienone is 1. The second-order valence-electron chi connectivity index (χ2n) is 19.3. The second kappa shape index (κ2) is 27.1. The zero-order chi connectivity index (χ0) is 47.4. The first-order chi connectivity index (χ1) is 32.0. The standard InChI is InChI=1S/C54H80N2O10/c1-6-8-9-10-11-12-13-14-15-25-50(61)56(28-33-62-34-31-59)49-38-47(55-66-53(3,4)5)45-36-41(22-16-18-29-57)44(24-17-19-30-58)51-46-37-43(64-42-23-20-21-40(35-42)39-60)26-27-48(46)65-54(49,52(45)51)63-32-7-2/h7,20-21,23,26-27,35-37,39,41,44,49,51-52,57-59H,2,6,8-19,22,24-25,28-34,38H2,1,3-5H3. The van der Waals surface area contributed by atoms with Crippen molar-refractivity contribution >= 4 is 17.9 Å². The lowest BCUT2D eigenvalue weighted by Crippen LogP contribution is -2.70. The topological polar surface area (TPSA) is 157 Å². The third-order valence-corrected chi connectivity index (χ3v) is 13.2. The third kappa shape index (κ3) is 14.5. The highest BCUT2D eigenvalue weighted by Crippen LogP contribution is 2.62. The fraction of sp³-hybridized carbons (Fsp3) is 0.648. The van der Waals surface area contributed by atoms with Crippen LogP contribution >= 0.6 is 0 Å². The summed E-state index contributed by atoms with van der Waals surface area (Å²) in [4.78, 5) is 34.8. The highest BCUT2D eigenvalue weighted by Gasteiger charge is 2.65. The fourth-order valence-corrected chi connectivity index (χ4v) is 10.2. The number of hydrogen-bond donors (Lipinski definition) is 3. The molecular formula is C54H80N2O10. The number of fused-ring (bicyclic) bond motifs is 2. The van der Waals surface area contributed by atoms with Crippen LogP contribution in [0.3, 0.4) is 0 Å². The summed E-state index contributed by atoms with van der Waals surface area (Å²) in [6, 6.07) is 12.2. The van der Waals surface area contributed by atoms with Gasteiger partial charge < -0.3 is 44.0 Å². The first-order valence-corrected chi connectivity index (χ1v) is 25.0. The Morgan fingerprint density at radius 1 is 0.894 bits per heavy atom. The predicted molar refractivity (Wildman–Crippen MR) is 259 cm³/mol. The van der Waals surface area contributed by atoms with Crippen molar-refractivity contribution in [3.8, 4) is 17.2 Å². The number of oxime groups is 1. The maximum atomic E-state index is 14.9. The van der Waals surface area contributed by atoms with E-state index in [4.69, 9.17) is 28.9 Å². The number of hydrogen-bond acceptors (Lipinski definition) is 11. The van der Waals surface area contributed by atoms with Gasteiger partial charge in [-0.25, -0.2) is 0 Å². The molecule has 1 aliphatic heterocycles. The largest absolute Gasteiger partial charge is 0.459 e. The van der Waals surface area contributed by atoms with Gasteiger partial charge in [-0.1, -0.05) is 101 Å². The van der Waals surface area contributed by atoms with E-state index in [1.54, 1.807) is 24.3 Å². The van der Waals surface area contributed by atoms with E-state index < -0.39 is 23.3 Å². The van der Waals surface area contributed by atoms with Crippen molar-refractivity contribution in [2.75, 3.05) is 46.2 Å². The number of carbonyl (C=O) groups excluding carboxylic acids is 2. The van der Waals surface area contributed by atoms with E-state index in [9.17, 15) is 24.9 Å². The summed E-state index contributed by atoms with van der Waals surface area (Å²) in [5.74, 6) is -0.306. The average Bonchev–Trinajstić information content (AvgIpc) is 3.30. The molecule has 2 aromatic rings. The minimum Gasteiger partial charge on any atom is -0.459 e. The molecule has 2 aromatic carbocycles. The molecule has 366 valence electrons. The lowest BCUT2D eigenvalue weighted by atomic mass is 9.55.